The number of nitrogens with one attached hydrogen (secondary N) is 1. The number of anilines is 3. The lowest BCUT2D eigenvalue weighted by molar-refractivity contribution is 1.37. The van der Waals surface area contributed by atoms with E-state index in [-0.39, 0.29) is 0 Å². The Hall–Kier alpha value is -1.58. The molecular formula is C14H13ClN2S. The summed E-state index contributed by atoms with van der Waals surface area (Å²) in [6.07, 6.45) is 0.727. The zero-order valence-corrected chi connectivity index (χ0v) is 11.3. The Morgan fingerprint density at radius 3 is 2.72 bits per heavy atom. The quantitative estimate of drug-likeness (QED) is 0.649. The summed E-state index contributed by atoms with van der Waals surface area (Å²) < 4.78 is 0. The van der Waals surface area contributed by atoms with Gasteiger partial charge < -0.3 is 11.1 Å². The molecule has 0 unspecified atom stereocenters. The van der Waals surface area contributed by atoms with Gasteiger partial charge in [0.15, 0.2) is 0 Å². The van der Waals surface area contributed by atoms with Gasteiger partial charge in [0.25, 0.3) is 0 Å². The molecule has 2 aromatic rings. The van der Waals surface area contributed by atoms with Crippen LogP contribution in [0, 0.1) is 0 Å². The molecule has 0 amide bonds. The molecule has 2 nitrogen and oxygen atoms in total. The molecule has 0 aromatic heterocycles. The van der Waals surface area contributed by atoms with Crippen LogP contribution < -0.4 is 11.1 Å². The molecule has 0 aliphatic heterocycles. The highest BCUT2D eigenvalue weighted by Crippen LogP contribution is 2.23. The summed E-state index contributed by atoms with van der Waals surface area (Å²) in [5.41, 5.74) is 9.53. The largest absolute Gasteiger partial charge is 0.399 e. The number of hydrogen-bond donors (Lipinski definition) is 2. The standard InChI is InChI=1S/C14H13ClN2S/c15-11-2-1-3-13(8-11)17-14-7-10(4-5-18)6-12(16)9-14/h1-3,5-9,17H,4,16H2. The predicted molar refractivity (Wildman–Crippen MR) is 82.9 cm³/mol. The van der Waals surface area contributed by atoms with Crippen molar-refractivity contribution in [3.63, 3.8) is 0 Å². The fourth-order valence-corrected chi connectivity index (χ4v) is 2.12. The van der Waals surface area contributed by atoms with Crippen LogP contribution in [0.2, 0.25) is 5.02 Å². The Morgan fingerprint density at radius 1 is 1.17 bits per heavy atom. The summed E-state index contributed by atoms with van der Waals surface area (Å²) >= 11 is 10.8. The van der Waals surface area contributed by atoms with Crippen LogP contribution in [-0.2, 0) is 6.42 Å². The third-order valence-corrected chi connectivity index (χ3v) is 2.85. The molecule has 3 N–H and O–H groups in total. The summed E-state index contributed by atoms with van der Waals surface area (Å²) in [4.78, 5) is 0. The lowest BCUT2D eigenvalue weighted by Gasteiger charge is -2.09. The van der Waals surface area contributed by atoms with Gasteiger partial charge in [0, 0.05) is 28.5 Å². The van der Waals surface area contributed by atoms with E-state index < -0.39 is 0 Å². The number of nitrogen functional groups attached to an aromatic ring is 1. The van der Waals surface area contributed by atoms with Gasteiger partial charge >= 0.3 is 0 Å². The van der Waals surface area contributed by atoms with Crippen LogP contribution >= 0.6 is 23.8 Å². The highest BCUT2D eigenvalue weighted by molar-refractivity contribution is 7.78. The molecule has 4 heteroatoms. The van der Waals surface area contributed by atoms with E-state index in [1.54, 1.807) is 5.37 Å². The van der Waals surface area contributed by atoms with Crippen molar-refractivity contribution in [3.05, 3.63) is 53.1 Å². The summed E-state index contributed by atoms with van der Waals surface area (Å²) in [5.74, 6) is 0. The number of thiocarbonyl (C=S) groups is 1. The first-order valence-corrected chi connectivity index (χ1v) is 6.38. The minimum absolute atomic E-state index is 0.697. The average molecular weight is 277 g/mol. The first kappa shape index (κ1) is 12.9. The minimum atomic E-state index is 0.697. The third-order valence-electron chi connectivity index (χ3n) is 2.45. The van der Waals surface area contributed by atoms with E-state index >= 15 is 0 Å². The molecule has 0 saturated carbocycles. The van der Waals surface area contributed by atoms with Gasteiger partial charge in [-0.3, -0.25) is 0 Å². The van der Waals surface area contributed by atoms with Gasteiger partial charge in [0.1, 0.15) is 0 Å². The second kappa shape index (κ2) is 5.85. The van der Waals surface area contributed by atoms with Gasteiger partial charge in [-0.2, -0.15) is 0 Å². The van der Waals surface area contributed by atoms with E-state index in [9.17, 15) is 0 Å². The first-order valence-electron chi connectivity index (χ1n) is 5.53. The lowest BCUT2D eigenvalue weighted by atomic mass is 10.1. The Bertz CT molecular complexity index is 569. The zero-order valence-electron chi connectivity index (χ0n) is 9.69. The molecule has 0 aliphatic rings. The topological polar surface area (TPSA) is 38.0 Å². The normalized spacial score (nSPS) is 10.1. The van der Waals surface area contributed by atoms with Gasteiger partial charge in [0.05, 0.1) is 0 Å². The van der Waals surface area contributed by atoms with Gasteiger partial charge in [-0.05, 0) is 47.3 Å². The maximum atomic E-state index is 5.94. The highest BCUT2D eigenvalue weighted by Gasteiger charge is 2.00. The van der Waals surface area contributed by atoms with Gasteiger partial charge in [0.2, 0.25) is 0 Å². The summed E-state index contributed by atoms with van der Waals surface area (Å²) in [5, 5.41) is 5.66. The number of halogens is 1. The number of nitrogens with two attached hydrogens (primary N) is 1. The van der Waals surface area contributed by atoms with Crippen LogP contribution in [0.15, 0.2) is 42.5 Å². The van der Waals surface area contributed by atoms with Crippen molar-refractivity contribution in [3.8, 4) is 0 Å². The van der Waals surface area contributed by atoms with Crippen LogP contribution in [0.1, 0.15) is 5.56 Å². The fraction of sp³-hybridized carbons (Fsp3) is 0.0714. The Kier molecular flexibility index (Phi) is 4.18. The molecule has 0 saturated heterocycles. The van der Waals surface area contributed by atoms with Crippen LogP contribution in [0.25, 0.3) is 0 Å². The van der Waals surface area contributed by atoms with Crippen molar-refractivity contribution in [1.82, 2.24) is 0 Å². The minimum Gasteiger partial charge on any atom is -0.399 e. The second-order valence-electron chi connectivity index (χ2n) is 3.97. The first-order chi connectivity index (χ1) is 8.67. The molecule has 18 heavy (non-hydrogen) atoms. The number of rotatable bonds is 4. The van der Waals surface area contributed by atoms with Crippen molar-refractivity contribution in [2.45, 2.75) is 6.42 Å². The molecule has 0 heterocycles. The maximum absolute atomic E-state index is 5.94. The van der Waals surface area contributed by atoms with Gasteiger partial charge in [-0.15, -0.1) is 0 Å². The van der Waals surface area contributed by atoms with E-state index in [1.807, 2.05) is 42.5 Å². The molecule has 0 atom stereocenters. The second-order valence-corrected chi connectivity index (χ2v) is 4.74. The van der Waals surface area contributed by atoms with Crippen molar-refractivity contribution < 1.29 is 0 Å². The van der Waals surface area contributed by atoms with Crippen LogP contribution in [-0.4, -0.2) is 5.37 Å². The molecule has 0 aliphatic carbocycles. The lowest BCUT2D eigenvalue weighted by Crippen LogP contribution is -1.95. The van der Waals surface area contributed by atoms with E-state index in [1.165, 1.54) is 0 Å². The van der Waals surface area contributed by atoms with Crippen molar-refractivity contribution >= 4 is 46.2 Å². The van der Waals surface area contributed by atoms with Gasteiger partial charge in [-0.25, -0.2) is 0 Å². The number of hydrogen-bond acceptors (Lipinski definition) is 3. The summed E-state index contributed by atoms with van der Waals surface area (Å²) in [6, 6.07) is 13.4. The van der Waals surface area contributed by atoms with Crippen LogP contribution in [0.3, 0.4) is 0 Å². The van der Waals surface area contributed by atoms with Crippen LogP contribution in [0.5, 0.6) is 0 Å². The highest BCUT2D eigenvalue weighted by atomic mass is 35.5. The Balaban J connectivity index is 2.25. The van der Waals surface area contributed by atoms with E-state index in [2.05, 4.69) is 5.32 Å². The molecular weight excluding hydrogens is 264 g/mol. The van der Waals surface area contributed by atoms with Crippen LogP contribution in [0.4, 0.5) is 17.1 Å². The Morgan fingerprint density at radius 2 is 2.00 bits per heavy atom. The number of benzene rings is 2. The van der Waals surface area contributed by atoms with Gasteiger partial charge in [-0.1, -0.05) is 29.9 Å². The van der Waals surface area contributed by atoms with Crippen molar-refractivity contribution in [2.24, 2.45) is 0 Å². The molecule has 0 bridgehead atoms. The molecule has 0 radical (unpaired) electrons. The monoisotopic (exact) mass is 276 g/mol. The molecule has 0 spiro atoms. The smallest absolute Gasteiger partial charge is 0.0426 e. The van der Waals surface area contributed by atoms with Crippen molar-refractivity contribution in [1.29, 1.82) is 0 Å². The molecule has 92 valence electrons. The van der Waals surface area contributed by atoms with Crippen molar-refractivity contribution in [2.75, 3.05) is 11.1 Å². The third kappa shape index (κ3) is 3.45. The summed E-state index contributed by atoms with van der Waals surface area (Å²) in [6.45, 7) is 0. The van der Waals surface area contributed by atoms with E-state index in [0.717, 1.165) is 23.4 Å². The fourth-order valence-electron chi connectivity index (χ4n) is 1.74. The predicted octanol–water partition coefficient (Wildman–Crippen LogP) is 4.21. The molecule has 2 aromatic carbocycles. The zero-order chi connectivity index (χ0) is 13.0. The summed E-state index contributed by atoms with van der Waals surface area (Å²) in [7, 11) is 0. The maximum Gasteiger partial charge on any atom is 0.0426 e. The van der Waals surface area contributed by atoms with E-state index in [4.69, 9.17) is 29.6 Å². The SMILES string of the molecule is Nc1cc(CC=S)cc(Nc2cccc(Cl)c2)c1. The average Bonchev–Trinajstić information content (AvgIpc) is 2.28. The molecule has 2 rings (SSSR count). The molecule has 0 fully saturated rings. The Labute approximate surface area is 117 Å². The van der Waals surface area contributed by atoms with E-state index in [0.29, 0.717) is 10.7 Å².